The highest BCUT2D eigenvalue weighted by Crippen LogP contribution is 2.65. The molecule has 0 unspecified atom stereocenters. The number of nitrogens with zero attached hydrogens (tertiary/aromatic N) is 1. The van der Waals surface area contributed by atoms with Crippen molar-refractivity contribution < 1.29 is 0 Å². The van der Waals surface area contributed by atoms with Gasteiger partial charge in [0.2, 0.25) is 0 Å². The van der Waals surface area contributed by atoms with Gasteiger partial charge in [0.1, 0.15) is 0 Å². The Balaban J connectivity index is 0.870. The molecule has 2 aliphatic rings. The third kappa shape index (κ3) is 6.57. The number of fused-ring (bicyclic) bond motifs is 12. The Morgan fingerprint density at radius 2 is 0.658 bits per heavy atom. The summed E-state index contributed by atoms with van der Waals surface area (Å²) in [6.45, 7) is 0. The van der Waals surface area contributed by atoms with E-state index in [9.17, 15) is 0 Å². The highest BCUT2D eigenvalue weighted by atomic mass is 32.1. The number of hydrogen-bond acceptors (Lipinski definition) is 2. The summed E-state index contributed by atoms with van der Waals surface area (Å²) in [4.78, 5) is 2.39. The molecule has 0 bridgehead atoms. The van der Waals surface area contributed by atoms with E-state index in [0.29, 0.717) is 0 Å². The van der Waals surface area contributed by atoms with E-state index in [-0.39, 0.29) is 0 Å². The van der Waals surface area contributed by atoms with Crippen LogP contribution in [0, 0.1) is 0 Å². The quantitative estimate of drug-likeness (QED) is 0.147. The molecule has 0 fully saturated rings. The summed E-state index contributed by atoms with van der Waals surface area (Å²) < 4.78 is 2.64. The van der Waals surface area contributed by atoms with Crippen LogP contribution in [0.4, 0.5) is 17.1 Å². The fraction of sp³-hybridized carbons (Fsp3) is 0.0270. The molecule has 0 saturated carbocycles. The van der Waals surface area contributed by atoms with Crippen molar-refractivity contribution in [1.29, 1.82) is 0 Å². The van der Waals surface area contributed by atoms with E-state index in [1.54, 1.807) is 0 Å². The summed E-state index contributed by atoms with van der Waals surface area (Å²) in [7, 11) is 0. The molecule has 13 aromatic rings. The molecule has 0 radical (unpaired) electrons. The van der Waals surface area contributed by atoms with Crippen LogP contribution in [0.25, 0.3) is 64.7 Å². The van der Waals surface area contributed by atoms with Crippen LogP contribution in [0.15, 0.2) is 297 Å². The Kier molecular flexibility index (Phi) is 10.3. The second-order valence-corrected chi connectivity index (χ2v) is 21.3. The van der Waals surface area contributed by atoms with Crippen molar-refractivity contribution in [3.8, 4) is 44.5 Å². The van der Waals surface area contributed by atoms with Gasteiger partial charge in [-0.2, -0.15) is 0 Å². The summed E-state index contributed by atoms with van der Waals surface area (Å²) in [6.07, 6.45) is 0. The van der Waals surface area contributed by atoms with Crippen molar-refractivity contribution >= 4 is 48.6 Å². The van der Waals surface area contributed by atoms with Crippen molar-refractivity contribution in [2.24, 2.45) is 0 Å². The highest BCUT2D eigenvalue weighted by molar-refractivity contribution is 7.25. The minimum atomic E-state index is -0.569. The molecule has 1 nitrogen and oxygen atoms in total. The van der Waals surface area contributed by atoms with E-state index in [4.69, 9.17) is 0 Å². The van der Waals surface area contributed by atoms with Gasteiger partial charge >= 0.3 is 0 Å². The van der Waals surface area contributed by atoms with Crippen molar-refractivity contribution in [3.05, 3.63) is 342 Å². The van der Waals surface area contributed by atoms with E-state index in [2.05, 4.69) is 302 Å². The monoisotopic (exact) mass is 983 g/mol. The topological polar surface area (TPSA) is 3.24 Å². The highest BCUT2D eigenvalue weighted by Gasteiger charge is 2.56. The van der Waals surface area contributed by atoms with Gasteiger partial charge in [-0.3, -0.25) is 0 Å². The Bertz CT molecular complexity index is 4220. The lowest BCUT2D eigenvalue weighted by Crippen LogP contribution is -2.44. The first-order valence-electron chi connectivity index (χ1n) is 26.3. The van der Waals surface area contributed by atoms with Gasteiger partial charge in [-0.25, -0.2) is 0 Å². The van der Waals surface area contributed by atoms with Crippen LogP contribution in [0.5, 0.6) is 0 Å². The molecule has 0 saturated heterocycles. The lowest BCUT2D eigenvalue weighted by atomic mass is 9.51. The molecule has 0 amide bonds. The maximum Gasteiger partial charge on any atom is 0.0720 e. The molecule has 76 heavy (non-hydrogen) atoms. The molecular formula is C74H49NS. The van der Waals surface area contributed by atoms with Crippen molar-refractivity contribution in [3.63, 3.8) is 0 Å². The minimum absolute atomic E-state index is 0.548. The lowest BCUT2D eigenvalue weighted by Gasteiger charge is -2.50. The Hall–Kier alpha value is -9.34. The first-order chi connectivity index (χ1) is 37.7. The number of hydrogen-bond donors (Lipinski definition) is 0. The zero-order valence-corrected chi connectivity index (χ0v) is 42.5. The van der Waals surface area contributed by atoms with Crippen LogP contribution in [0.3, 0.4) is 0 Å². The maximum atomic E-state index is 2.41. The average molecular weight is 984 g/mol. The number of rotatable bonds is 8. The van der Waals surface area contributed by atoms with Crippen LogP contribution >= 0.6 is 11.3 Å². The predicted octanol–water partition coefficient (Wildman–Crippen LogP) is 19.6. The van der Waals surface area contributed by atoms with Gasteiger partial charge in [0.25, 0.3) is 0 Å². The van der Waals surface area contributed by atoms with Gasteiger partial charge < -0.3 is 4.90 Å². The molecule has 2 heteroatoms. The summed E-state index contributed by atoms with van der Waals surface area (Å²) in [6, 6.07) is 111. The summed E-state index contributed by atoms with van der Waals surface area (Å²) >= 11 is 1.86. The lowest BCUT2D eigenvalue weighted by molar-refractivity contribution is 0.623. The second kappa shape index (κ2) is 17.7. The zero-order valence-electron chi connectivity index (χ0n) is 41.6. The zero-order chi connectivity index (χ0) is 50.2. The Labute approximate surface area is 447 Å². The SMILES string of the molecule is c1ccc(-c2ccc(N(c3ccc(-c4ccc5sc6ccccc6c5c4)cc3)c3ccc(-c4cccc5c4-c4ccccc4C54c5ccccc5C(c5ccccc5)(c5ccccc5)c5ccccc54)cc3)cc2)cc1. The summed E-state index contributed by atoms with van der Waals surface area (Å²) in [5.41, 5.74) is 22.4. The number of benzene rings is 12. The molecule has 1 aromatic heterocycles. The standard InChI is InChI=1S/C74H49NS/c1-4-19-50(20-5-1)51-35-42-57(43-36-51)75(58-44-37-52(38-45-58)54-41-48-71-63(49-54)61-25-11-17-34-70(61)76-71)59-46-39-53(40-47-59)60-27-18-33-69-72(60)62-26-10-12-28-64(62)74(69)67-31-15-13-29-65(67)73(55-21-6-2-7-22-55,56-23-8-3-9-24-56)66-30-14-16-32-68(66)74/h1-49H. The van der Waals surface area contributed by atoms with Crippen LogP contribution in [0.2, 0.25) is 0 Å². The van der Waals surface area contributed by atoms with Crippen LogP contribution < -0.4 is 4.90 Å². The van der Waals surface area contributed by atoms with E-state index in [1.807, 2.05) is 11.3 Å². The second-order valence-electron chi connectivity index (χ2n) is 20.2. The van der Waals surface area contributed by atoms with Crippen molar-refractivity contribution in [2.75, 3.05) is 4.90 Å². The van der Waals surface area contributed by atoms with Crippen molar-refractivity contribution in [2.45, 2.75) is 10.8 Å². The molecule has 0 N–H and O–H groups in total. The smallest absolute Gasteiger partial charge is 0.0720 e. The molecule has 12 aromatic carbocycles. The third-order valence-electron chi connectivity index (χ3n) is 16.5. The third-order valence-corrected chi connectivity index (χ3v) is 17.6. The predicted molar refractivity (Wildman–Crippen MR) is 319 cm³/mol. The summed E-state index contributed by atoms with van der Waals surface area (Å²) in [5.74, 6) is 0. The first kappa shape index (κ1) is 44.2. The van der Waals surface area contributed by atoms with Gasteiger partial charge in [-0.05, 0) is 144 Å². The van der Waals surface area contributed by atoms with Gasteiger partial charge in [0.15, 0.2) is 0 Å². The molecule has 356 valence electrons. The first-order valence-corrected chi connectivity index (χ1v) is 27.1. The van der Waals surface area contributed by atoms with Crippen LogP contribution in [-0.2, 0) is 10.8 Å². The molecular weight excluding hydrogens is 935 g/mol. The van der Waals surface area contributed by atoms with Crippen LogP contribution in [-0.4, -0.2) is 0 Å². The number of anilines is 3. The Morgan fingerprint density at radius 1 is 0.250 bits per heavy atom. The maximum absolute atomic E-state index is 2.41. The molecule has 2 aliphatic carbocycles. The summed E-state index contributed by atoms with van der Waals surface area (Å²) in [5, 5.41) is 2.63. The number of thiophene rings is 1. The molecule has 0 atom stereocenters. The van der Waals surface area contributed by atoms with E-state index < -0.39 is 10.8 Å². The molecule has 1 spiro atoms. The van der Waals surface area contributed by atoms with Gasteiger partial charge in [-0.15, -0.1) is 11.3 Å². The normalized spacial score (nSPS) is 13.5. The van der Waals surface area contributed by atoms with Crippen LogP contribution in [0.1, 0.15) is 44.5 Å². The average Bonchev–Trinajstić information content (AvgIpc) is 4.19. The molecule has 1 heterocycles. The fourth-order valence-corrected chi connectivity index (χ4v) is 14.3. The largest absolute Gasteiger partial charge is 0.311 e. The van der Waals surface area contributed by atoms with Crippen molar-refractivity contribution in [1.82, 2.24) is 0 Å². The van der Waals surface area contributed by atoms with Gasteiger partial charge in [0, 0.05) is 37.2 Å². The molecule has 15 rings (SSSR count). The fourth-order valence-electron chi connectivity index (χ4n) is 13.3. The van der Waals surface area contributed by atoms with Gasteiger partial charge in [-0.1, -0.05) is 243 Å². The molecule has 0 aliphatic heterocycles. The van der Waals surface area contributed by atoms with E-state index in [0.717, 1.165) is 17.1 Å². The Morgan fingerprint density at radius 3 is 1.25 bits per heavy atom. The minimum Gasteiger partial charge on any atom is -0.311 e. The van der Waals surface area contributed by atoms with Gasteiger partial charge in [0.05, 0.1) is 10.8 Å². The van der Waals surface area contributed by atoms with E-state index in [1.165, 1.54) is 109 Å². The van der Waals surface area contributed by atoms with E-state index >= 15 is 0 Å².